The smallest absolute Gasteiger partial charge is 0.236 e. The van der Waals surface area contributed by atoms with Crippen molar-refractivity contribution in [3.63, 3.8) is 0 Å². The highest BCUT2D eigenvalue weighted by molar-refractivity contribution is 7.92. The quantitative estimate of drug-likeness (QED) is 0.749. The maximum atomic E-state index is 11.9. The number of carbonyl (C=O) groups excluding carboxylic acids is 1. The molecule has 6 heteroatoms. The van der Waals surface area contributed by atoms with Crippen molar-refractivity contribution in [3.05, 3.63) is 0 Å². The maximum absolute atomic E-state index is 11.9. The Labute approximate surface area is 109 Å². The van der Waals surface area contributed by atoms with Crippen LogP contribution in [0, 0.1) is 0 Å². The first-order valence-electron chi connectivity index (χ1n) is 6.76. The van der Waals surface area contributed by atoms with Crippen LogP contribution in [0.1, 0.15) is 32.6 Å². The predicted octanol–water partition coefficient (Wildman–Crippen LogP) is 0.164. The summed E-state index contributed by atoms with van der Waals surface area (Å²) in [6.07, 6.45) is 3.70. The van der Waals surface area contributed by atoms with Crippen LogP contribution in [0.2, 0.25) is 0 Å². The van der Waals surface area contributed by atoms with Crippen molar-refractivity contribution in [2.45, 2.75) is 43.9 Å². The summed E-state index contributed by atoms with van der Waals surface area (Å²) in [6, 6.07) is 0.430. The van der Waals surface area contributed by atoms with Gasteiger partial charge < -0.3 is 10.2 Å². The zero-order valence-corrected chi connectivity index (χ0v) is 11.7. The maximum Gasteiger partial charge on any atom is 0.236 e. The van der Waals surface area contributed by atoms with Gasteiger partial charge in [-0.15, -0.1) is 0 Å². The zero-order chi connectivity index (χ0) is 13.2. The summed E-state index contributed by atoms with van der Waals surface area (Å²) in [7, 11) is -2.90. The summed E-state index contributed by atoms with van der Waals surface area (Å²) in [5.41, 5.74) is 0. The van der Waals surface area contributed by atoms with E-state index < -0.39 is 9.84 Å². The highest BCUT2D eigenvalue weighted by atomic mass is 32.2. The number of hydrogen-bond donors (Lipinski definition) is 1. The third kappa shape index (κ3) is 3.23. The van der Waals surface area contributed by atoms with Crippen LogP contribution in [0.4, 0.5) is 0 Å². The summed E-state index contributed by atoms with van der Waals surface area (Å²) < 4.78 is 23.2. The van der Waals surface area contributed by atoms with Crippen molar-refractivity contribution < 1.29 is 13.2 Å². The number of nitrogens with zero attached hydrogens (tertiary/aromatic N) is 1. The Balaban J connectivity index is 1.73. The molecule has 1 aliphatic heterocycles. The molecular weight excluding hydrogens is 252 g/mol. The van der Waals surface area contributed by atoms with Gasteiger partial charge in [-0.2, -0.15) is 0 Å². The lowest BCUT2D eigenvalue weighted by molar-refractivity contribution is -0.130. The number of rotatable bonds is 6. The van der Waals surface area contributed by atoms with Crippen molar-refractivity contribution >= 4 is 15.7 Å². The van der Waals surface area contributed by atoms with E-state index in [0.29, 0.717) is 18.3 Å². The molecule has 0 spiro atoms. The molecule has 1 N–H and O–H groups in total. The average molecular weight is 274 g/mol. The molecule has 2 rings (SSSR count). The fraction of sp³-hybridized carbons (Fsp3) is 0.917. The number of likely N-dealkylation sites (N-methyl/N-ethyl adjacent to an activating group) is 1. The van der Waals surface area contributed by atoms with Crippen LogP contribution >= 0.6 is 0 Å². The van der Waals surface area contributed by atoms with E-state index in [1.807, 2.05) is 11.8 Å². The van der Waals surface area contributed by atoms with E-state index >= 15 is 0 Å². The third-order valence-corrected chi connectivity index (χ3v) is 6.04. The molecule has 1 heterocycles. The molecule has 0 aromatic carbocycles. The molecule has 0 bridgehead atoms. The first kappa shape index (κ1) is 13.8. The lowest BCUT2D eigenvalue weighted by atomic mass is 10.2. The second kappa shape index (κ2) is 5.57. The Kier molecular flexibility index (Phi) is 4.27. The first-order chi connectivity index (χ1) is 8.54. The first-order valence-corrected chi connectivity index (χ1v) is 8.48. The lowest BCUT2D eigenvalue weighted by Crippen LogP contribution is -2.41. The highest BCUT2D eigenvalue weighted by Crippen LogP contribution is 2.26. The number of amides is 1. The summed E-state index contributed by atoms with van der Waals surface area (Å²) in [6.45, 7) is 3.40. The average Bonchev–Trinajstić information content (AvgIpc) is 3.07. The predicted molar refractivity (Wildman–Crippen MR) is 70.1 cm³/mol. The molecular formula is C12H22N2O3S. The minimum absolute atomic E-state index is 0.0930. The Hall–Kier alpha value is -0.620. The fourth-order valence-electron chi connectivity index (χ4n) is 2.55. The largest absolute Gasteiger partial charge is 0.339 e. The van der Waals surface area contributed by atoms with Gasteiger partial charge in [0.05, 0.1) is 17.5 Å². The minimum Gasteiger partial charge on any atom is -0.339 e. The second-order valence-corrected chi connectivity index (χ2v) is 7.57. The van der Waals surface area contributed by atoms with E-state index in [9.17, 15) is 13.2 Å². The molecule has 2 aliphatic rings. The van der Waals surface area contributed by atoms with Crippen LogP contribution in [0.15, 0.2) is 0 Å². The number of sulfone groups is 1. The molecule has 1 saturated heterocycles. The Morgan fingerprint density at radius 3 is 2.56 bits per heavy atom. The zero-order valence-electron chi connectivity index (χ0n) is 10.9. The fourth-order valence-corrected chi connectivity index (χ4v) is 4.35. The van der Waals surface area contributed by atoms with Crippen molar-refractivity contribution in [2.24, 2.45) is 0 Å². The SMILES string of the molecule is CCN(C(=O)CNCC1CCCS1(=O)=O)C1CC1. The molecule has 2 fully saturated rings. The standard InChI is InChI=1S/C12H22N2O3S/c1-2-14(10-5-6-10)12(15)9-13-8-11-4-3-7-18(11,16)17/h10-11,13H,2-9H2,1H3. The minimum atomic E-state index is -2.90. The normalized spacial score (nSPS) is 26.2. The van der Waals surface area contributed by atoms with E-state index in [4.69, 9.17) is 0 Å². The van der Waals surface area contributed by atoms with Gasteiger partial charge in [0.1, 0.15) is 0 Å². The molecule has 1 atom stereocenters. The van der Waals surface area contributed by atoms with Crippen LogP contribution in [-0.4, -0.2) is 55.9 Å². The van der Waals surface area contributed by atoms with Crippen LogP contribution in [-0.2, 0) is 14.6 Å². The molecule has 0 aromatic rings. The Bertz CT molecular complexity index is 404. The van der Waals surface area contributed by atoms with Gasteiger partial charge in [0.25, 0.3) is 0 Å². The number of hydrogen-bond acceptors (Lipinski definition) is 4. The summed E-state index contributed by atoms with van der Waals surface area (Å²) in [5.74, 6) is 0.395. The number of carbonyl (C=O) groups is 1. The Morgan fingerprint density at radius 2 is 2.06 bits per heavy atom. The molecule has 1 saturated carbocycles. The van der Waals surface area contributed by atoms with Gasteiger partial charge in [-0.3, -0.25) is 4.79 Å². The second-order valence-electron chi connectivity index (χ2n) is 5.17. The van der Waals surface area contributed by atoms with Gasteiger partial charge in [0, 0.05) is 19.1 Å². The third-order valence-electron chi connectivity index (χ3n) is 3.76. The molecule has 18 heavy (non-hydrogen) atoms. The van der Waals surface area contributed by atoms with Gasteiger partial charge in [0.2, 0.25) is 5.91 Å². The summed E-state index contributed by atoms with van der Waals surface area (Å²) in [5, 5.41) is 2.72. The lowest BCUT2D eigenvalue weighted by Gasteiger charge is -2.21. The van der Waals surface area contributed by atoms with Crippen molar-refractivity contribution in [1.29, 1.82) is 0 Å². The van der Waals surface area contributed by atoms with Crippen LogP contribution in [0.25, 0.3) is 0 Å². The molecule has 0 radical (unpaired) electrons. The van der Waals surface area contributed by atoms with Gasteiger partial charge in [0.15, 0.2) is 9.84 Å². The van der Waals surface area contributed by atoms with Crippen LogP contribution < -0.4 is 5.32 Å². The molecule has 104 valence electrons. The molecule has 5 nitrogen and oxygen atoms in total. The Morgan fingerprint density at radius 1 is 1.33 bits per heavy atom. The van der Waals surface area contributed by atoms with E-state index in [1.165, 1.54) is 0 Å². The molecule has 1 unspecified atom stereocenters. The van der Waals surface area contributed by atoms with E-state index in [2.05, 4.69) is 5.32 Å². The molecule has 0 aromatic heterocycles. The van der Waals surface area contributed by atoms with Gasteiger partial charge in [-0.25, -0.2) is 8.42 Å². The summed E-state index contributed by atoms with van der Waals surface area (Å²) in [4.78, 5) is 13.8. The number of nitrogens with one attached hydrogen (secondary N) is 1. The van der Waals surface area contributed by atoms with Crippen LogP contribution in [0.3, 0.4) is 0 Å². The topological polar surface area (TPSA) is 66.5 Å². The van der Waals surface area contributed by atoms with E-state index in [-0.39, 0.29) is 17.7 Å². The summed E-state index contributed by atoms with van der Waals surface area (Å²) >= 11 is 0. The van der Waals surface area contributed by atoms with Crippen molar-refractivity contribution in [2.75, 3.05) is 25.4 Å². The van der Waals surface area contributed by atoms with Crippen LogP contribution in [0.5, 0.6) is 0 Å². The van der Waals surface area contributed by atoms with Crippen molar-refractivity contribution in [1.82, 2.24) is 10.2 Å². The molecule has 1 aliphatic carbocycles. The van der Waals surface area contributed by atoms with Crippen molar-refractivity contribution in [3.8, 4) is 0 Å². The van der Waals surface area contributed by atoms with E-state index in [0.717, 1.165) is 32.2 Å². The van der Waals surface area contributed by atoms with Gasteiger partial charge in [-0.1, -0.05) is 0 Å². The molecule has 1 amide bonds. The van der Waals surface area contributed by atoms with Gasteiger partial charge >= 0.3 is 0 Å². The van der Waals surface area contributed by atoms with E-state index in [1.54, 1.807) is 0 Å². The highest BCUT2D eigenvalue weighted by Gasteiger charge is 2.32. The van der Waals surface area contributed by atoms with Gasteiger partial charge in [-0.05, 0) is 32.6 Å². The monoisotopic (exact) mass is 274 g/mol.